The monoisotopic (exact) mass is 388 g/mol. The predicted octanol–water partition coefficient (Wildman–Crippen LogP) is 4.17. The molecule has 0 bridgehead atoms. The van der Waals surface area contributed by atoms with E-state index in [9.17, 15) is 9.59 Å². The van der Waals surface area contributed by atoms with E-state index >= 15 is 0 Å². The maximum atomic E-state index is 12.6. The van der Waals surface area contributed by atoms with E-state index < -0.39 is 0 Å². The standard InChI is InChI=1S/C24H24N2O3/c1-17(27)25-16-19-8-10-20(11-9-19)24(28)26-22-12-13-23(29-2)21(15-22)14-18-6-4-3-5-7-18/h3-13,15H,14,16H2,1-2H3,(H,25,27)(H,26,28). The minimum atomic E-state index is -0.188. The average Bonchev–Trinajstić information content (AvgIpc) is 2.73. The first-order valence-electron chi connectivity index (χ1n) is 9.40. The van der Waals surface area contributed by atoms with Gasteiger partial charge in [0.1, 0.15) is 5.75 Å². The lowest BCUT2D eigenvalue weighted by Crippen LogP contribution is -2.19. The largest absolute Gasteiger partial charge is 0.496 e. The van der Waals surface area contributed by atoms with Crippen molar-refractivity contribution < 1.29 is 14.3 Å². The first-order valence-corrected chi connectivity index (χ1v) is 9.40. The van der Waals surface area contributed by atoms with Gasteiger partial charge >= 0.3 is 0 Å². The van der Waals surface area contributed by atoms with Crippen LogP contribution in [0.1, 0.15) is 34.0 Å². The highest BCUT2D eigenvalue weighted by Crippen LogP contribution is 2.25. The van der Waals surface area contributed by atoms with E-state index in [2.05, 4.69) is 22.8 Å². The van der Waals surface area contributed by atoms with Crippen LogP contribution in [0.5, 0.6) is 5.75 Å². The van der Waals surface area contributed by atoms with Crippen molar-refractivity contribution in [3.63, 3.8) is 0 Å². The highest BCUT2D eigenvalue weighted by atomic mass is 16.5. The predicted molar refractivity (Wildman–Crippen MR) is 114 cm³/mol. The molecule has 0 radical (unpaired) electrons. The molecule has 0 aliphatic carbocycles. The van der Waals surface area contributed by atoms with Crippen molar-refractivity contribution in [2.75, 3.05) is 12.4 Å². The van der Waals surface area contributed by atoms with E-state index in [-0.39, 0.29) is 11.8 Å². The lowest BCUT2D eigenvalue weighted by atomic mass is 10.0. The number of carbonyl (C=O) groups excluding carboxylic acids is 2. The molecule has 0 saturated heterocycles. The molecule has 0 aromatic heterocycles. The SMILES string of the molecule is COc1ccc(NC(=O)c2ccc(CNC(C)=O)cc2)cc1Cc1ccccc1. The summed E-state index contributed by atoms with van der Waals surface area (Å²) in [6.45, 7) is 1.92. The number of carbonyl (C=O) groups is 2. The molecule has 5 heteroatoms. The van der Waals surface area contributed by atoms with Gasteiger partial charge in [-0.25, -0.2) is 0 Å². The Labute approximate surface area is 170 Å². The molecule has 0 aliphatic heterocycles. The third-order valence-electron chi connectivity index (χ3n) is 4.53. The molecule has 3 aromatic rings. The van der Waals surface area contributed by atoms with E-state index in [1.54, 1.807) is 19.2 Å². The highest BCUT2D eigenvalue weighted by molar-refractivity contribution is 6.04. The molecule has 3 rings (SSSR count). The van der Waals surface area contributed by atoms with Gasteiger partial charge in [-0.15, -0.1) is 0 Å². The van der Waals surface area contributed by atoms with Crippen molar-refractivity contribution >= 4 is 17.5 Å². The van der Waals surface area contributed by atoms with Crippen LogP contribution >= 0.6 is 0 Å². The molecule has 0 spiro atoms. The van der Waals surface area contributed by atoms with Crippen molar-refractivity contribution in [2.45, 2.75) is 19.9 Å². The Morgan fingerprint density at radius 3 is 2.28 bits per heavy atom. The minimum Gasteiger partial charge on any atom is -0.496 e. The number of ether oxygens (including phenoxy) is 1. The third-order valence-corrected chi connectivity index (χ3v) is 4.53. The highest BCUT2D eigenvalue weighted by Gasteiger charge is 2.10. The Morgan fingerprint density at radius 2 is 1.62 bits per heavy atom. The summed E-state index contributed by atoms with van der Waals surface area (Å²) in [5.74, 6) is 0.513. The molecular formula is C24H24N2O3. The number of hydrogen-bond acceptors (Lipinski definition) is 3. The van der Waals surface area contributed by atoms with E-state index in [0.29, 0.717) is 24.2 Å². The Balaban J connectivity index is 1.71. The molecule has 0 saturated carbocycles. The maximum Gasteiger partial charge on any atom is 0.255 e. The number of amides is 2. The Hall–Kier alpha value is -3.60. The average molecular weight is 388 g/mol. The van der Waals surface area contributed by atoms with Gasteiger partial charge in [-0.1, -0.05) is 42.5 Å². The third kappa shape index (κ3) is 5.69. The van der Waals surface area contributed by atoms with E-state index in [0.717, 1.165) is 16.9 Å². The number of nitrogens with one attached hydrogen (secondary N) is 2. The molecule has 2 amide bonds. The van der Waals surface area contributed by atoms with Crippen molar-refractivity contribution in [1.29, 1.82) is 0 Å². The zero-order chi connectivity index (χ0) is 20.6. The van der Waals surface area contributed by atoms with Gasteiger partial charge in [0.05, 0.1) is 7.11 Å². The zero-order valence-electron chi connectivity index (χ0n) is 16.6. The molecular weight excluding hydrogens is 364 g/mol. The first-order chi connectivity index (χ1) is 14.0. The van der Waals surface area contributed by atoms with Gasteiger partial charge in [-0.2, -0.15) is 0 Å². The Morgan fingerprint density at radius 1 is 0.897 bits per heavy atom. The minimum absolute atomic E-state index is 0.0855. The van der Waals surface area contributed by atoms with Crippen molar-refractivity contribution in [3.8, 4) is 5.75 Å². The van der Waals surface area contributed by atoms with E-state index in [1.807, 2.05) is 48.5 Å². The lowest BCUT2D eigenvalue weighted by Gasteiger charge is -2.12. The second kappa shape index (κ2) is 9.55. The Kier molecular flexibility index (Phi) is 6.63. The molecule has 0 unspecified atom stereocenters. The van der Waals surface area contributed by atoms with Crippen LogP contribution in [0.3, 0.4) is 0 Å². The topological polar surface area (TPSA) is 67.4 Å². The number of methoxy groups -OCH3 is 1. The van der Waals surface area contributed by atoms with Crippen LogP contribution in [0.2, 0.25) is 0 Å². The normalized spacial score (nSPS) is 10.3. The van der Waals surface area contributed by atoms with Crippen LogP contribution in [-0.2, 0) is 17.8 Å². The van der Waals surface area contributed by atoms with Crippen molar-refractivity contribution in [2.24, 2.45) is 0 Å². The second-order valence-electron chi connectivity index (χ2n) is 6.75. The molecule has 0 heterocycles. The number of anilines is 1. The molecule has 148 valence electrons. The zero-order valence-corrected chi connectivity index (χ0v) is 16.6. The molecule has 3 aromatic carbocycles. The van der Waals surface area contributed by atoms with Gasteiger partial charge in [0.15, 0.2) is 0 Å². The molecule has 29 heavy (non-hydrogen) atoms. The van der Waals surface area contributed by atoms with Crippen LogP contribution in [0, 0.1) is 0 Å². The summed E-state index contributed by atoms with van der Waals surface area (Å²) in [6.07, 6.45) is 0.714. The van der Waals surface area contributed by atoms with E-state index in [4.69, 9.17) is 4.74 Å². The summed E-state index contributed by atoms with van der Waals surface area (Å²) in [5, 5.41) is 5.68. The summed E-state index contributed by atoms with van der Waals surface area (Å²) >= 11 is 0. The van der Waals surface area contributed by atoms with Crippen molar-refractivity contribution in [3.05, 3.63) is 95.1 Å². The molecule has 2 N–H and O–H groups in total. The lowest BCUT2D eigenvalue weighted by molar-refractivity contribution is -0.119. The number of rotatable bonds is 7. The fraction of sp³-hybridized carbons (Fsp3) is 0.167. The smallest absolute Gasteiger partial charge is 0.255 e. The van der Waals surface area contributed by atoms with Gasteiger partial charge in [-0.05, 0) is 41.5 Å². The molecule has 0 atom stereocenters. The summed E-state index contributed by atoms with van der Waals surface area (Å²) in [4.78, 5) is 23.6. The molecule has 0 fully saturated rings. The van der Waals surface area contributed by atoms with Gasteiger partial charge in [0.25, 0.3) is 5.91 Å². The first kappa shape index (κ1) is 20.1. The van der Waals surface area contributed by atoms with Crippen LogP contribution in [0.25, 0.3) is 0 Å². The van der Waals surface area contributed by atoms with Gasteiger partial charge in [-0.3, -0.25) is 9.59 Å². The fourth-order valence-electron chi connectivity index (χ4n) is 3.01. The molecule has 0 aliphatic rings. The second-order valence-corrected chi connectivity index (χ2v) is 6.75. The van der Waals surface area contributed by atoms with Crippen LogP contribution in [-0.4, -0.2) is 18.9 Å². The number of benzene rings is 3. The van der Waals surface area contributed by atoms with Gasteiger partial charge in [0.2, 0.25) is 5.91 Å². The summed E-state index contributed by atoms with van der Waals surface area (Å²) < 4.78 is 5.47. The van der Waals surface area contributed by atoms with Gasteiger partial charge in [0, 0.05) is 36.7 Å². The van der Waals surface area contributed by atoms with Gasteiger partial charge < -0.3 is 15.4 Å². The maximum absolute atomic E-state index is 12.6. The summed E-state index contributed by atoms with van der Waals surface area (Å²) in [6, 6.07) is 22.9. The van der Waals surface area contributed by atoms with Crippen LogP contribution < -0.4 is 15.4 Å². The number of hydrogen-bond donors (Lipinski definition) is 2. The quantitative estimate of drug-likeness (QED) is 0.638. The van der Waals surface area contributed by atoms with Crippen LogP contribution in [0.4, 0.5) is 5.69 Å². The molecule has 5 nitrogen and oxygen atoms in total. The summed E-state index contributed by atoms with van der Waals surface area (Å²) in [5.41, 5.74) is 4.37. The van der Waals surface area contributed by atoms with E-state index in [1.165, 1.54) is 12.5 Å². The van der Waals surface area contributed by atoms with Crippen molar-refractivity contribution in [1.82, 2.24) is 5.32 Å². The summed E-state index contributed by atoms with van der Waals surface area (Å²) in [7, 11) is 1.64. The van der Waals surface area contributed by atoms with Crippen LogP contribution in [0.15, 0.2) is 72.8 Å². The Bertz CT molecular complexity index is 983. The fourth-order valence-corrected chi connectivity index (χ4v) is 3.01.